The zero-order chi connectivity index (χ0) is 19.0. The van der Waals surface area contributed by atoms with Gasteiger partial charge in [-0.05, 0) is 36.4 Å². The lowest BCUT2D eigenvalue weighted by atomic mass is 10.1. The van der Waals surface area contributed by atoms with E-state index in [4.69, 9.17) is 9.47 Å². The maximum atomic E-state index is 12.7. The molecule has 0 bridgehead atoms. The fraction of sp³-hybridized carbons (Fsp3) is 0.222. The second-order valence-electron chi connectivity index (χ2n) is 5.98. The number of nitrogens with one attached hydrogen (secondary N) is 2. The summed E-state index contributed by atoms with van der Waals surface area (Å²) in [7, 11) is 0. The van der Waals surface area contributed by atoms with Gasteiger partial charge in [0.2, 0.25) is 5.82 Å². The van der Waals surface area contributed by atoms with Crippen LogP contribution in [0, 0.1) is 0 Å². The van der Waals surface area contributed by atoms with Gasteiger partial charge in [0.05, 0.1) is 24.2 Å². The molecule has 0 saturated carbocycles. The Hall–Kier alpha value is -3.23. The highest BCUT2D eigenvalue weighted by molar-refractivity contribution is 6.05. The average Bonchev–Trinajstić information content (AvgIpc) is 2.92. The first-order valence-corrected chi connectivity index (χ1v) is 8.18. The number of imidazole rings is 1. The van der Waals surface area contributed by atoms with E-state index in [1.807, 2.05) is 0 Å². The van der Waals surface area contributed by atoms with Crippen LogP contribution in [0.25, 0.3) is 11.0 Å². The molecule has 0 atom stereocenters. The van der Waals surface area contributed by atoms with E-state index in [0.717, 1.165) is 6.42 Å². The molecule has 3 aromatic rings. The van der Waals surface area contributed by atoms with Crippen LogP contribution in [-0.4, -0.2) is 29.1 Å². The van der Waals surface area contributed by atoms with Gasteiger partial charge >= 0.3 is 6.18 Å². The van der Waals surface area contributed by atoms with Crippen LogP contribution in [0.5, 0.6) is 11.5 Å². The summed E-state index contributed by atoms with van der Waals surface area (Å²) in [4.78, 5) is 18.2. The van der Waals surface area contributed by atoms with Crippen molar-refractivity contribution < 1.29 is 27.4 Å². The molecule has 0 aliphatic carbocycles. The van der Waals surface area contributed by atoms with Gasteiger partial charge in [0.25, 0.3) is 5.91 Å². The van der Waals surface area contributed by atoms with Gasteiger partial charge < -0.3 is 19.8 Å². The highest BCUT2D eigenvalue weighted by Gasteiger charge is 2.34. The fourth-order valence-corrected chi connectivity index (χ4v) is 2.73. The summed E-state index contributed by atoms with van der Waals surface area (Å²) in [6.07, 6.45) is -3.81. The molecule has 2 N–H and O–H groups in total. The molecule has 0 spiro atoms. The number of rotatable bonds is 2. The van der Waals surface area contributed by atoms with Crippen molar-refractivity contribution in [3.63, 3.8) is 0 Å². The number of halogens is 3. The summed E-state index contributed by atoms with van der Waals surface area (Å²) >= 11 is 0. The molecule has 1 amide bonds. The number of hydrogen-bond acceptors (Lipinski definition) is 4. The Bertz CT molecular complexity index is 1010. The Labute approximate surface area is 151 Å². The Morgan fingerprint density at radius 2 is 1.85 bits per heavy atom. The summed E-state index contributed by atoms with van der Waals surface area (Å²) in [5, 5.41) is 2.66. The van der Waals surface area contributed by atoms with E-state index in [2.05, 4.69) is 15.3 Å². The second kappa shape index (κ2) is 6.49. The van der Waals surface area contributed by atoms with Crippen molar-refractivity contribution in [2.45, 2.75) is 12.6 Å². The number of H-pyrrole nitrogens is 1. The first kappa shape index (κ1) is 17.2. The number of fused-ring (bicyclic) bond motifs is 2. The molecular weight excluding hydrogens is 363 g/mol. The Morgan fingerprint density at radius 1 is 1.07 bits per heavy atom. The number of anilines is 1. The van der Waals surface area contributed by atoms with Gasteiger partial charge in [0.15, 0.2) is 11.5 Å². The normalized spacial score (nSPS) is 14.0. The minimum atomic E-state index is -4.56. The van der Waals surface area contributed by atoms with Crippen molar-refractivity contribution in [1.82, 2.24) is 9.97 Å². The van der Waals surface area contributed by atoms with E-state index < -0.39 is 17.9 Å². The lowest BCUT2D eigenvalue weighted by molar-refractivity contribution is -0.144. The number of aromatic nitrogens is 2. The van der Waals surface area contributed by atoms with Crippen molar-refractivity contribution in [3.8, 4) is 11.5 Å². The molecule has 1 aliphatic rings. The maximum Gasteiger partial charge on any atom is 0.449 e. The van der Waals surface area contributed by atoms with Gasteiger partial charge in [-0.1, -0.05) is 0 Å². The fourth-order valence-electron chi connectivity index (χ4n) is 2.73. The number of ether oxygens (including phenoxy) is 2. The molecule has 140 valence electrons. The summed E-state index contributed by atoms with van der Waals surface area (Å²) in [6.45, 7) is 1.04. The molecular formula is C18H14F3N3O3. The van der Waals surface area contributed by atoms with E-state index in [1.165, 1.54) is 18.2 Å². The zero-order valence-electron chi connectivity index (χ0n) is 13.9. The van der Waals surface area contributed by atoms with Crippen LogP contribution in [0.1, 0.15) is 22.6 Å². The number of hydrogen-bond donors (Lipinski definition) is 2. The van der Waals surface area contributed by atoms with Crippen molar-refractivity contribution in [2.75, 3.05) is 18.5 Å². The molecule has 6 nitrogen and oxygen atoms in total. The summed E-state index contributed by atoms with van der Waals surface area (Å²) in [5.41, 5.74) is 1.03. The molecule has 27 heavy (non-hydrogen) atoms. The smallest absolute Gasteiger partial charge is 0.449 e. The van der Waals surface area contributed by atoms with Crippen molar-refractivity contribution in [2.24, 2.45) is 0 Å². The minimum Gasteiger partial charge on any atom is -0.490 e. The van der Waals surface area contributed by atoms with E-state index in [-0.39, 0.29) is 11.0 Å². The summed E-state index contributed by atoms with van der Waals surface area (Å²) in [5.74, 6) is -0.439. The van der Waals surface area contributed by atoms with E-state index in [9.17, 15) is 18.0 Å². The van der Waals surface area contributed by atoms with Crippen LogP contribution in [0.4, 0.5) is 18.9 Å². The Balaban J connectivity index is 1.56. The molecule has 0 radical (unpaired) electrons. The van der Waals surface area contributed by atoms with Crippen molar-refractivity contribution in [3.05, 3.63) is 47.8 Å². The van der Waals surface area contributed by atoms with Gasteiger partial charge in [-0.2, -0.15) is 13.2 Å². The molecule has 0 saturated heterocycles. The highest BCUT2D eigenvalue weighted by atomic mass is 19.4. The van der Waals surface area contributed by atoms with E-state index in [1.54, 1.807) is 18.2 Å². The van der Waals surface area contributed by atoms with Crippen molar-refractivity contribution in [1.29, 1.82) is 0 Å². The third-order valence-corrected chi connectivity index (χ3v) is 4.02. The van der Waals surface area contributed by atoms with Crippen LogP contribution < -0.4 is 14.8 Å². The third-order valence-electron chi connectivity index (χ3n) is 4.02. The molecule has 1 aromatic heterocycles. The van der Waals surface area contributed by atoms with Crippen LogP contribution in [-0.2, 0) is 6.18 Å². The lowest BCUT2D eigenvalue weighted by Gasteiger charge is -2.10. The van der Waals surface area contributed by atoms with Crippen LogP contribution in [0.15, 0.2) is 36.4 Å². The van der Waals surface area contributed by atoms with Gasteiger partial charge in [0.1, 0.15) is 0 Å². The molecule has 0 fully saturated rings. The number of benzene rings is 2. The number of amides is 1. The third kappa shape index (κ3) is 3.53. The topological polar surface area (TPSA) is 76.2 Å². The largest absolute Gasteiger partial charge is 0.490 e. The number of carbonyl (C=O) groups excluding carboxylic acids is 1. The zero-order valence-corrected chi connectivity index (χ0v) is 13.9. The number of nitrogens with zero attached hydrogens (tertiary/aromatic N) is 1. The van der Waals surface area contributed by atoms with Gasteiger partial charge in [0, 0.05) is 17.7 Å². The standard InChI is InChI=1S/C18H14F3N3O3/c19-18(20,21)17-23-12-4-3-11(9-13(12)24-17)22-16(25)10-2-5-14-15(8-10)27-7-1-6-26-14/h2-5,8-9H,1,6-7H2,(H,22,25)(H,23,24). The summed E-state index contributed by atoms with van der Waals surface area (Å²) in [6, 6.07) is 9.13. The van der Waals surface area contributed by atoms with Crippen LogP contribution in [0.3, 0.4) is 0 Å². The lowest BCUT2D eigenvalue weighted by Crippen LogP contribution is -2.12. The van der Waals surface area contributed by atoms with Crippen LogP contribution in [0.2, 0.25) is 0 Å². The Morgan fingerprint density at radius 3 is 2.63 bits per heavy atom. The number of aromatic amines is 1. The van der Waals surface area contributed by atoms with Crippen LogP contribution >= 0.6 is 0 Å². The van der Waals surface area contributed by atoms with Gasteiger partial charge in [-0.25, -0.2) is 4.98 Å². The van der Waals surface area contributed by atoms with Gasteiger partial charge in [-0.3, -0.25) is 4.79 Å². The Kier molecular flexibility index (Phi) is 4.14. The van der Waals surface area contributed by atoms with Gasteiger partial charge in [-0.15, -0.1) is 0 Å². The number of alkyl halides is 3. The predicted octanol–water partition coefficient (Wildman–Crippen LogP) is 4.00. The predicted molar refractivity (Wildman–Crippen MR) is 91.1 cm³/mol. The molecule has 2 aromatic carbocycles. The summed E-state index contributed by atoms with van der Waals surface area (Å²) < 4.78 is 49.3. The van der Waals surface area contributed by atoms with E-state index >= 15 is 0 Å². The maximum absolute atomic E-state index is 12.7. The first-order chi connectivity index (χ1) is 12.9. The van der Waals surface area contributed by atoms with E-state index in [0.29, 0.717) is 36.0 Å². The monoisotopic (exact) mass is 377 g/mol. The molecule has 4 rings (SSSR count). The molecule has 0 unspecified atom stereocenters. The van der Waals surface area contributed by atoms with Crippen molar-refractivity contribution >= 4 is 22.6 Å². The molecule has 1 aliphatic heterocycles. The average molecular weight is 377 g/mol. The quantitative estimate of drug-likeness (QED) is 0.708. The highest BCUT2D eigenvalue weighted by Crippen LogP contribution is 2.31. The second-order valence-corrected chi connectivity index (χ2v) is 5.98. The molecule has 9 heteroatoms. The number of carbonyl (C=O) groups is 1. The minimum absolute atomic E-state index is 0.163. The first-order valence-electron chi connectivity index (χ1n) is 8.18. The molecule has 2 heterocycles. The SMILES string of the molecule is O=C(Nc1ccc2nc(C(F)(F)F)[nH]c2c1)c1ccc2c(c1)OCCCO2.